The van der Waals surface area contributed by atoms with Crippen LogP contribution in [0.4, 0.5) is 0 Å². The van der Waals surface area contributed by atoms with Gasteiger partial charge < -0.3 is 20.8 Å². The van der Waals surface area contributed by atoms with E-state index in [1.807, 2.05) is 0 Å². The van der Waals surface area contributed by atoms with Gasteiger partial charge in [-0.25, -0.2) is 0 Å². The summed E-state index contributed by atoms with van der Waals surface area (Å²) < 4.78 is 0. The monoisotopic (exact) mass is 386 g/mol. The van der Waals surface area contributed by atoms with E-state index in [0.717, 1.165) is 19.3 Å². The molecule has 0 bridgehead atoms. The van der Waals surface area contributed by atoms with Crippen LogP contribution in [-0.2, 0) is 19.2 Å². The van der Waals surface area contributed by atoms with E-state index in [9.17, 15) is 19.2 Å². The lowest BCUT2D eigenvalue weighted by Crippen LogP contribution is -2.48. The fourth-order valence-corrected chi connectivity index (χ4v) is 2.69. The van der Waals surface area contributed by atoms with E-state index >= 15 is 0 Å². The minimum atomic E-state index is -1.21. The van der Waals surface area contributed by atoms with Crippen molar-refractivity contribution < 1.29 is 29.4 Å². The molecule has 2 amide bonds. The normalized spacial score (nSPS) is 11.6. The first-order valence-corrected chi connectivity index (χ1v) is 9.87. The van der Waals surface area contributed by atoms with Crippen molar-refractivity contribution in [2.24, 2.45) is 0 Å². The standard InChI is InChI=1S/C19H34N2O6/c1-2-3-4-5-6-7-8-9-10-11-16(22)21-15(12-13-17(23)24)19(27)20-14-18(25)26/h15H,2-14H2,1H3,(H,20,27)(H,21,22)(H,23,24)(H,25,26)/t15-/m0/s1. The Hall–Kier alpha value is -2.12. The lowest BCUT2D eigenvalue weighted by atomic mass is 10.1. The van der Waals surface area contributed by atoms with E-state index in [-0.39, 0.29) is 25.2 Å². The van der Waals surface area contributed by atoms with E-state index < -0.39 is 30.4 Å². The van der Waals surface area contributed by atoms with Gasteiger partial charge in [-0.15, -0.1) is 0 Å². The highest BCUT2D eigenvalue weighted by molar-refractivity contribution is 5.89. The summed E-state index contributed by atoms with van der Waals surface area (Å²) in [6.07, 6.45) is 10.0. The molecule has 8 heteroatoms. The zero-order valence-corrected chi connectivity index (χ0v) is 16.3. The molecule has 0 unspecified atom stereocenters. The van der Waals surface area contributed by atoms with Crippen molar-refractivity contribution in [2.75, 3.05) is 6.54 Å². The zero-order valence-electron chi connectivity index (χ0n) is 16.3. The molecule has 8 nitrogen and oxygen atoms in total. The lowest BCUT2D eigenvalue weighted by Gasteiger charge is -2.17. The topological polar surface area (TPSA) is 133 Å². The largest absolute Gasteiger partial charge is 0.481 e. The fourth-order valence-electron chi connectivity index (χ4n) is 2.69. The van der Waals surface area contributed by atoms with Crippen LogP contribution in [0.1, 0.15) is 84.0 Å². The first-order valence-electron chi connectivity index (χ1n) is 9.87. The summed E-state index contributed by atoms with van der Waals surface area (Å²) in [6.45, 7) is 1.61. The van der Waals surface area contributed by atoms with Crippen molar-refractivity contribution in [3.8, 4) is 0 Å². The maximum atomic E-state index is 12.0. The van der Waals surface area contributed by atoms with Crippen molar-refractivity contribution in [3.05, 3.63) is 0 Å². The molecular formula is C19H34N2O6. The highest BCUT2D eigenvalue weighted by atomic mass is 16.4. The maximum Gasteiger partial charge on any atom is 0.322 e. The molecule has 0 saturated heterocycles. The Balaban J connectivity index is 4.07. The molecule has 0 saturated carbocycles. The van der Waals surface area contributed by atoms with Crippen molar-refractivity contribution in [1.82, 2.24) is 10.6 Å². The van der Waals surface area contributed by atoms with Gasteiger partial charge in [-0.2, -0.15) is 0 Å². The van der Waals surface area contributed by atoms with Crippen LogP contribution in [0.3, 0.4) is 0 Å². The Morgan fingerprint density at radius 1 is 0.778 bits per heavy atom. The SMILES string of the molecule is CCCCCCCCCCCC(=O)N[C@@H](CCC(=O)O)C(=O)NCC(=O)O. The minimum absolute atomic E-state index is 0.0791. The van der Waals surface area contributed by atoms with Crippen molar-refractivity contribution >= 4 is 23.8 Å². The average Bonchev–Trinajstić information content (AvgIpc) is 2.61. The van der Waals surface area contributed by atoms with Crippen molar-refractivity contribution in [1.29, 1.82) is 0 Å². The quantitative estimate of drug-likeness (QED) is 0.284. The summed E-state index contributed by atoms with van der Waals surface area (Å²) >= 11 is 0. The number of carbonyl (C=O) groups excluding carboxylic acids is 2. The second kappa shape index (κ2) is 16.1. The molecule has 0 aliphatic heterocycles. The number of unbranched alkanes of at least 4 members (excludes halogenated alkanes) is 8. The van der Waals surface area contributed by atoms with E-state index in [1.54, 1.807) is 0 Å². The van der Waals surface area contributed by atoms with Gasteiger partial charge in [0.2, 0.25) is 11.8 Å². The first kappa shape index (κ1) is 24.9. The van der Waals surface area contributed by atoms with Gasteiger partial charge in [-0.1, -0.05) is 58.3 Å². The van der Waals surface area contributed by atoms with Gasteiger partial charge in [-0.3, -0.25) is 19.2 Å². The number of carboxylic acids is 2. The van der Waals surface area contributed by atoms with Gasteiger partial charge in [0.1, 0.15) is 12.6 Å². The minimum Gasteiger partial charge on any atom is -0.481 e. The number of carboxylic acid groups (broad SMARTS) is 2. The Morgan fingerprint density at radius 2 is 1.33 bits per heavy atom. The van der Waals surface area contributed by atoms with Gasteiger partial charge in [0, 0.05) is 12.8 Å². The van der Waals surface area contributed by atoms with Crippen LogP contribution < -0.4 is 10.6 Å². The molecule has 0 aromatic heterocycles. The molecule has 156 valence electrons. The summed E-state index contributed by atoms with van der Waals surface area (Å²) in [4.78, 5) is 45.1. The Bertz CT molecular complexity index is 467. The predicted molar refractivity (Wildman–Crippen MR) is 101 cm³/mol. The molecule has 0 heterocycles. The fraction of sp³-hybridized carbons (Fsp3) is 0.789. The van der Waals surface area contributed by atoms with Crippen LogP contribution in [0.5, 0.6) is 0 Å². The number of hydrogen-bond donors (Lipinski definition) is 4. The third-order valence-corrected chi connectivity index (χ3v) is 4.22. The second-order valence-electron chi connectivity index (χ2n) is 6.74. The number of aliphatic carboxylic acids is 2. The third kappa shape index (κ3) is 15.8. The first-order chi connectivity index (χ1) is 12.9. The molecule has 0 aliphatic carbocycles. The maximum absolute atomic E-state index is 12.0. The lowest BCUT2D eigenvalue weighted by molar-refractivity contribution is -0.140. The number of amides is 2. The van der Waals surface area contributed by atoms with Gasteiger partial charge in [0.25, 0.3) is 0 Å². The molecular weight excluding hydrogens is 352 g/mol. The Kier molecular flexibility index (Phi) is 14.8. The number of rotatable bonds is 17. The third-order valence-electron chi connectivity index (χ3n) is 4.22. The van der Waals surface area contributed by atoms with Gasteiger partial charge >= 0.3 is 11.9 Å². The van der Waals surface area contributed by atoms with Crippen LogP contribution in [-0.4, -0.2) is 46.6 Å². The van der Waals surface area contributed by atoms with Gasteiger partial charge in [0.15, 0.2) is 0 Å². The molecule has 27 heavy (non-hydrogen) atoms. The van der Waals surface area contributed by atoms with E-state index in [0.29, 0.717) is 6.42 Å². The highest BCUT2D eigenvalue weighted by Gasteiger charge is 2.21. The zero-order chi connectivity index (χ0) is 20.5. The summed E-state index contributed by atoms with van der Waals surface area (Å²) in [7, 11) is 0. The summed E-state index contributed by atoms with van der Waals surface area (Å²) in [6, 6.07) is -1.04. The van der Waals surface area contributed by atoms with Crippen LogP contribution in [0.25, 0.3) is 0 Å². The van der Waals surface area contributed by atoms with Crippen LogP contribution in [0.15, 0.2) is 0 Å². The number of carbonyl (C=O) groups is 4. The number of hydrogen-bond acceptors (Lipinski definition) is 4. The van der Waals surface area contributed by atoms with Crippen LogP contribution in [0, 0.1) is 0 Å². The molecule has 0 radical (unpaired) electrons. The predicted octanol–water partition coefficient (Wildman–Crippen LogP) is 2.46. The second-order valence-corrected chi connectivity index (χ2v) is 6.74. The van der Waals surface area contributed by atoms with E-state index in [2.05, 4.69) is 17.6 Å². The van der Waals surface area contributed by atoms with Gasteiger partial charge in [0.05, 0.1) is 0 Å². The number of nitrogens with one attached hydrogen (secondary N) is 2. The molecule has 0 aromatic carbocycles. The van der Waals surface area contributed by atoms with Crippen molar-refractivity contribution in [3.63, 3.8) is 0 Å². The average molecular weight is 386 g/mol. The molecule has 0 aromatic rings. The Morgan fingerprint density at radius 3 is 1.85 bits per heavy atom. The molecule has 0 spiro atoms. The summed E-state index contributed by atoms with van der Waals surface area (Å²) in [5, 5.41) is 22.0. The molecule has 0 fully saturated rings. The molecule has 1 atom stereocenters. The highest BCUT2D eigenvalue weighted by Crippen LogP contribution is 2.10. The van der Waals surface area contributed by atoms with Crippen LogP contribution >= 0.6 is 0 Å². The van der Waals surface area contributed by atoms with Gasteiger partial charge in [-0.05, 0) is 12.8 Å². The van der Waals surface area contributed by atoms with E-state index in [4.69, 9.17) is 10.2 Å². The summed E-state index contributed by atoms with van der Waals surface area (Å²) in [5.41, 5.74) is 0. The Labute approximate surface area is 161 Å². The molecule has 4 N–H and O–H groups in total. The van der Waals surface area contributed by atoms with Crippen molar-refractivity contribution in [2.45, 2.75) is 90.0 Å². The molecule has 0 rings (SSSR count). The van der Waals surface area contributed by atoms with Crippen LogP contribution in [0.2, 0.25) is 0 Å². The summed E-state index contributed by atoms with van der Waals surface area (Å²) in [5.74, 6) is -3.29. The van der Waals surface area contributed by atoms with E-state index in [1.165, 1.54) is 32.1 Å². The molecule has 0 aliphatic rings. The smallest absolute Gasteiger partial charge is 0.322 e.